The maximum atomic E-state index is 3.94. The van der Waals surface area contributed by atoms with E-state index in [1.165, 1.54) is 19.3 Å². The van der Waals surface area contributed by atoms with E-state index in [1.54, 1.807) is 0 Å². The average molecular weight is 160 g/mol. The molecule has 2 atom stereocenters. The fourth-order valence-corrected chi connectivity index (χ4v) is 2.78. The Labute approximate surface area is 74.7 Å². The molecule has 1 saturated carbocycles. The Hall–Kier alpha value is -0.780. The van der Waals surface area contributed by atoms with Gasteiger partial charge in [0.1, 0.15) is 0 Å². The van der Waals surface area contributed by atoms with Crippen LogP contribution in [-0.4, -0.2) is 0 Å². The van der Waals surface area contributed by atoms with Crippen molar-refractivity contribution in [2.24, 2.45) is 17.3 Å². The molecule has 2 aliphatic carbocycles. The van der Waals surface area contributed by atoms with Gasteiger partial charge in [-0.2, -0.15) is 0 Å². The number of fused-ring (bicyclic) bond motifs is 1. The molecule has 12 heavy (non-hydrogen) atoms. The van der Waals surface area contributed by atoms with Crippen molar-refractivity contribution < 1.29 is 0 Å². The smallest absolute Gasteiger partial charge is 0.0121 e. The van der Waals surface area contributed by atoms with E-state index in [-0.39, 0.29) is 5.41 Å². The van der Waals surface area contributed by atoms with Gasteiger partial charge in [0.15, 0.2) is 0 Å². The summed E-state index contributed by atoms with van der Waals surface area (Å²) in [5.74, 6) is 1.58. The van der Waals surface area contributed by atoms with Gasteiger partial charge >= 0.3 is 0 Å². The van der Waals surface area contributed by atoms with Gasteiger partial charge in [-0.25, -0.2) is 0 Å². The van der Waals surface area contributed by atoms with Crippen LogP contribution < -0.4 is 0 Å². The maximum Gasteiger partial charge on any atom is 0.0121 e. The van der Waals surface area contributed by atoms with Crippen LogP contribution in [0.25, 0.3) is 0 Å². The Balaban J connectivity index is 2.32. The highest BCUT2D eigenvalue weighted by Gasteiger charge is 2.44. The largest absolute Gasteiger partial charge is 0.102 e. The molecule has 2 rings (SSSR count). The molecule has 0 radical (unpaired) electrons. The van der Waals surface area contributed by atoms with Crippen LogP contribution >= 0.6 is 0 Å². The summed E-state index contributed by atoms with van der Waals surface area (Å²) in [5.41, 5.74) is 0.220. The van der Waals surface area contributed by atoms with E-state index in [2.05, 4.69) is 37.5 Å². The first kappa shape index (κ1) is 7.85. The lowest BCUT2D eigenvalue weighted by molar-refractivity contribution is 0.375. The van der Waals surface area contributed by atoms with E-state index in [0.717, 1.165) is 5.92 Å². The highest BCUT2D eigenvalue weighted by atomic mass is 14.5. The third-order valence-electron chi connectivity index (χ3n) is 3.62. The molecule has 0 bridgehead atoms. The summed E-state index contributed by atoms with van der Waals surface area (Å²) < 4.78 is 0. The Morgan fingerprint density at radius 2 is 2.08 bits per heavy atom. The van der Waals surface area contributed by atoms with Gasteiger partial charge in [0.25, 0.3) is 0 Å². The monoisotopic (exact) mass is 160 g/mol. The molecular formula is C12H16. The molecule has 0 amide bonds. The number of rotatable bonds is 2. The highest BCUT2D eigenvalue weighted by molar-refractivity contribution is 5.22. The topological polar surface area (TPSA) is 0 Å². The summed E-state index contributed by atoms with van der Waals surface area (Å²) in [6.07, 6.45) is 12.7. The lowest BCUT2D eigenvalue weighted by atomic mass is 9.77. The molecule has 2 unspecified atom stereocenters. The van der Waals surface area contributed by atoms with Crippen molar-refractivity contribution in [3.8, 4) is 0 Å². The van der Waals surface area contributed by atoms with Crippen molar-refractivity contribution in [1.29, 1.82) is 0 Å². The second-order valence-corrected chi connectivity index (χ2v) is 4.01. The molecule has 0 nitrogen and oxygen atoms in total. The third kappa shape index (κ3) is 0.841. The minimum atomic E-state index is 0.220. The molecule has 0 saturated heterocycles. The molecular weight excluding hydrogens is 144 g/mol. The van der Waals surface area contributed by atoms with Gasteiger partial charge in [0.2, 0.25) is 0 Å². The van der Waals surface area contributed by atoms with E-state index in [0.29, 0.717) is 5.92 Å². The predicted molar refractivity (Wildman–Crippen MR) is 52.8 cm³/mol. The summed E-state index contributed by atoms with van der Waals surface area (Å²) in [6, 6.07) is 0. The van der Waals surface area contributed by atoms with Gasteiger partial charge in [-0.05, 0) is 31.1 Å². The van der Waals surface area contributed by atoms with Crippen LogP contribution in [0.15, 0.2) is 37.5 Å². The quantitative estimate of drug-likeness (QED) is 0.543. The number of allylic oxidation sites excluding steroid dienone is 4. The molecule has 0 heteroatoms. The third-order valence-corrected chi connectivity index (χ3v) is 3.62. The summed E-state index contributed by atoms with van der Waals surface area (Å²) in [4.78, 5) is 0. The summed E-state index contributed by atoms with van der Waals surface area (Å²) in [7, 11) is 0. The Morgan fingerprint density at radius 3 is 2.75 bits per heavy atom. The summed E-state index contributed by atoms with van der Waals surface area (Å²) >= 11 is 0. The zero-order valence-corrected chi connectivity index (χ0v) is 7.50. The molecule has 0 heterocycles. The highest BCUT2D eigenvalue weighted by Crippen LogP contribution is 2.53. The van der Waals surface area contributed by atoms with Crippen molar-refractivity contribution in [2.75, 3.05) is 0 Å². The zero-order chi connectivity index (χ0) is 8.60. The average Bonchev–Trinajstić information content (AvgIpc) is 2.64. The van der Waals surface area contributed by atoms with Gasteiger partial charge in [-0.3, -0.25) is 0 Å². The van der Waals surface area contributed by atoms with E-state index < -0.39 is 0 Å². The first-order valence-electron chi connectivity index (χ1n) is 4.76. The van der Waals surface area contributed by atoms with Gasteiger partial charge < -0.3 is 0 Å². The molecule has 0 aromatic rings. The van der Waals surface area contributed by atoms with Crippen LogP contribution in [0.2, 0.25) is 0 Å². The minimum Gasteiger partial charge on any atom is -0.102 e. The molecule has 0 N–H and O–H groups in total. The second kappa shape index (κ2) is 2.62. The SMILES string of the molecule is C=CC1(C=C)CCC2CC=CC21. The second-order valence-electron chi connectivity index (χ2n) is 4.01. The molecule has 0 aliphatic heterocycles. The predicted octanol–water partition coefficient (Wildman–Crippen LogP) is 3.33. The van der Waals surface area contributed by atoms with Crippen molar-refractivity contribution in [3.63, 3.8) is 0 Å². The van der Waals surface area contributed by atoms with Crippen LogP contribution in [0, 0.1) is 17.3 Å². The van der Waals surface area contributed by atoms with Gasteiger partial charge in [0, 0.05) is 5.41 Å². The standard InChI is InChI=1S/C12H16/c1-3-12(4-2)9-8-10-6-5-7-11(10)12/h3-5,7,10-11H,1-2,6,8-9H2. The first-order valence-corrected chi connectivity index (χ1v) is 4.76. The fraction of sp³-hybridized carbons (Fsp3) is 0.500. The fourth-order valence-electron chi connectivity index (χ4n) is 2.78. The van der Waals surface area contributed by atoms with Crippen molar-refractivity contribution in [2.45, 2.75) is 19.3 Å². The van der Waals surface area contributed by atoms with Gasteiger partial charge in [-0.1, -0.05) is 24.3 Å². The van der Waals surface area contributed by atoms with Crippen LogP contribution in [-0.2, 0) is 0 Å². The van der Waals surface area contributed by atoms with Crippen LogP contribution in [0.4, 0.5) is 0 Å². The lowest BCUT2D eigenvalue weighted by Crippen LogP contribution is -2.19. The molecule has 1 fully saturated rings. The van der Waals surface area contributed by atoms with Crippen molar-refractivity contribution in [1.82, 2.24) is 0 Å². The normalized spacial score (nSPS) is 36.3. The maximum absolute atomic E-state index is 3.94. The van der Waals surface area contributed by atoms with E-state index in [9.17, 15) is 0 Å². The Bertz CT molecular complexity index is 226. The van der Waals surface area contributed by atoms with E-state index in [1.807, 2.05) is 0 Å². The summed E-state index contributed by atoms with van der Waals surface area (Å²) in [5, 5.41) is 0. The molecule has 0 spiro atoms. The first-order chi connectivity index (χ1) is 5.82. The Morgan fingerprint density at radius 1 is 1.33 bits per heavy atom. The van der Waals surface area contributed by atoms with E-state index >= 15 is 0 Å². The van der Waals surface area contributed by atoms with Crippen molar-refractivity contribution in [3.05, 3.63) is 37.5 Å². The lowest BCUT2D eigenvalue weighted by Gasteiger charge is -2.27. The minimum absolute atomic E-state index is 0.220. The summed E-state index contributed by atoms with van der Waals surface area (Å²) in [6.45, 7) is 7.88. The zero-order valence-electron chi connectivity index (χ0n) is 7.50. The molecule has 0 aromatic carbocycles. The van der Waals surface area contributed by atoms with Crippen molar-refractivity contribution >= 4 is 0 Å². The number of hydrogen-bond donors (Lipinski definition) is 0. The Kier molecular flexibility index (Phi) is 1.71. The van der Waals surface area contributed by atoms with E-state index in [4.69, 9.17) is 0 Å². The molecule has 0 aromatic heterocycles. The van der Waals surface area contributed by atoms with Crippen LogP contribution in [0.5, 0.6) is 0 Å². The van der Waals surface area contributed by atoms with Crippen LogP contribution in [0.3, 0.4) is 0 Å². The van der Waals surface area contributed by atoms with Gasteiger partial charge in [-0.15, -0.1) is 13.2 Å². The van der Waals surface area contributed by atoms with Gasteiger partial charge in [0.05, 0.1) is 0 Å². The van der Waals surface area contributed by atoms with Crippen LogP contribution in [0.1, 0.15) is 19.3 Å². The molecule has 64 valence electrons. The number of hydrogen-bond acceptors (Lipinski definition) is 0. The molecule has 2 aliphatic rings.